The first-order chi connectivity index (χ1) is 10.5. The number of benzene rings is 1. The van der Waals surface area contributed by atoms with Gasteiger partial charge in [0.15, 0.2) is 6.10 Å². The molecule has 0 aromatic heterocycles. The van der Waals surface area contributed by atoms with E-state index in [2.05, 4.69) is 0 Å². The van der Waals surface area contributed by atoms with Crippen molar-refractivity contribution in [2.75, 3.05) is 26.7 Å². The molecule has 0 bridgehead atoms. The molecule has 1 fully saturated rings. The third-order valence-corrected chi connectivity index (χ3v) is 3.99. The molecule has 1 aromatic carbocycles. The van der Waals surface area contributed by atoms with E-state index >= 15 is 0 Å². The quantitative estimate of drug-likeness (QED) is 0.849. The largest absolute Gasteiger partial charge is 0.356 e. The van der Waals surface area contributed by atoms with Crippen LogP contribution in [-0.4, -0.2) is 54.5 Å². The van der Waals surface area contributed by atoms with Crippen LogP contribution in [0.1, 0.15) is 25.5 Å². The summed E-state index contributed by atoms with van der Waals surface area (Å²) >= 11 is 0. The van der Waals surface area contributed by atoms with Gasteiger partial charge in [0.2, 0.25) is 5.91 Å². The first-order valence-corrected chi connectivity index (χ1v) is 7.41. The molecular formula is C16H21FN2O3. The number of hydrogen-bond acceptors (Lipinski definition) is 3. The molecule has 0 unspecified atom stereocenters. The summed E-state index contributed by atoms with van der Waals surface area (Å²) in [6.45, 7) is 4.75. The summed E-state index contributed by atoms with van der Waals surface area (Å²) < 4.78 is 19.0. The second-order valence-electron chi connectivity index (χ2n) is 5.25. The van der Waals surface area contributed by atoms with Crippen LogP contribution in [0.5, 0.6) is 0 Å². The molecule has 1 aliphatic rings. The summed E-state index contributed by atoms with van der Waals surface area (Å²) in [5, 5.41) is 0. The summed E-state index contributed by atoms with van der Waals surface area (Å²) in [6, 6.07) is 5.32. The smallest absolute Gasteiger partial charge is 0.254 e. The minimum atomic E-state index is -0.815. The summed E-state index contributed by atoms with van der Waals surface area (Å²) in [6.07, 6.45) is -0.815. The fourth-order valence-electron chi connectivity index (χ4n) is 2.72. The monoisotopic (exact) mass is 308 g/mol. The van der Waals surface area contributed by atoms with Gasteiger partial charge in [-0.15, -0.1) is 0 Å². The Morgan fingerprint density at radius 2 is 2.09 bits per heavy atom. The number of amides is 2. The summed E-state index contributed by atoms with van der Waals surface area (Å²) in [5.74, 6) is -0.811. The SMILES string of the molecule is CCN(CC)C(=O)[C@@H]1OCC(=O)N(C)[C@@H]1c1cccc(F)c1. The normalized spacial score (nSPS) is 21.8. The van der Waals surface area contributed by atoms with Gasteiger partial charge >= 0.3 is 0 Å². The molecule has 2 rings (SSSR count). The Balaban J connectivity index is 2.38. The summed E-state index contributed by atoms with van der Waals surface area (Å²) in [4.78, 5) is 27.7. The molecule has 1 saturated heterocycles. The molecule has 6 heteroatoms. The second-order valence-corrected chi connectivity index (χ2v) is 5.25. The number of ether oxygens (including phenoxy) is 1. The zero-order valence-electron chi connectivity index (χ0n) is 13.1. The van der Waals surface area contributed by atoms with Crippen LogP contribution in [0.3, 0.4) is 0 Å². The van der Waals surface area contributed by atoms with Crippen LogP contribution in [0.2, 0.25) is 0 Å². The van der Waals surface area contributed by atoms with Gasteiger partial charge in [-0.3, -0.25) is 9.59 Å². The van der Waals surface area contributed by atoms with Gasteiger partial charge in [-0.1, -0.05) is 12.1 Å². The van der Waals surface area contributed by atoms with Crippen LogP contribution in [-0.2, 0) is 14.3 Å². The van der Waals surface area contributed by atoms with Gasteiger partial charge < -0.3 is 14.5 Å². The zero-order chi connectivity index (χ0) is 16.3. The van der Waals surface area contributed by atoms with Crippen molar-refractivity contribution >= 4 is 11.8 Å². The van der Waals surface area contributed by atoms with Crippen molar-refractivity contribution in [3.8, 4) is 0 Å². The molecule has 1 aromatic rings. The molecule has 120 valence electrons. The fraction of sp³-hybridized carbons (Fsp3) is 0.500. The number of likely N-dealkylation sites (N-methyl/N-ethyl adjacent to an activating group) is 2. The van der Waals surface area contributed by atoms with Crippen LogP contribution < -0.4 is 0 Å². The highest BCUT2D eigenvalue weighted by molar-refractivity contribution is 5.86. The minimum Gasteiger partial charge on any atom is -0.356 e. The number of halogens is 1. The van der Waals surface area contributed by atoms with Gasteiger partial charge in [-0.25, -0.2) is 4.39 Å². The maximum absolute atomic E-state index is 13.5. The van der Waals surface area contributed by atoms with E-state index in [0.29, 0.717) is 18.7 Å². The van der Waals surface area contributed by atoms with Gasteiger partial charge in [0.25, 0.3) is 5.91 Å². The van der Waals surface area contributed by atoms with Crippen LogP contribution in [0, 0.1) is 5.82 Å². The highest BCUT2D eigenvalue weighted by Crippen LogP contribution is 2.30. The van der Waals surface area contributed by atoms with Crippen molar-refractivity contribution < 1.29 is 18.7 Å². The number of carbonyl (C=O) groups excluding carboxylic acids is 2. The summed E-state index contributed by atoms with van der Waals surface area (Å²) in [5.41, 5.74) is 0.557. The van der Waals surface area contributed by atoms with Crippen molar-refractivity contribution in [2.45, 2.75) is 26.0 Å². The number of hydrogen-bond donors (Lipinski definition) is 0. The maximum atomic E-state index is 13.5. The van der Waals surface area contributed by atoms with E-state index < -0.39 is 18.0 Å². The first-order valence-electron chi connectivity index (χ1n) is 7.41. The molecule has 2 atom stereocenters. The Hall–Kier alpha value is -1.95. The minimum absolute atomic E-state index is 0.139. The lowest BCUT2D eigenvalue weighted by Crippen LogP contribution is -2.53. The van der Waals surface area contributed by atoms with Crippen LogP contribution in [0.25, 0.3) is 0 Å². The van der Waals surface area contributed by atoms with Crippen molar-refractivity contribution in [2.24, 2.45) is 0 Å². The number of nitrogens with zero attached hydrogens (tertiary/aromatic N) is 2. The zero-order valence-corrected chi connectivity index (χ0v) is 13.1. The topological polar surface area (TPSA) is 49.9 Å². The highest BCUT2D eigenvalue weighted by Gasteiger charge is 2.41. The van der Waals surface area contributed by atoms with Crippen molar-refractivity contribution in [3.05, 3.63) is 35.6 Å². The van der Waals surface area contributed by atoms with Crippen molar-refractivity contribution in [1.29, 1.82) is 0 Å². The Morgan fingerprint density at radius 1 is 1.41 bits per heavy atom. The predicted octanol–water partition coefficient (Wildman–Crippen LogP) is 1.59. The first kappa shape index (κ1) is 16.4. The van der Waals surface area contributed by atoms with E-state index in [1.54, 1.807) is 24.1 Å². The third-order valence-electron chi connectivity index (χ3n) is 3.99. The average molecular weight is 308 g/mol. The molecule has 1 aliphatic heterocycles. The lowest BCUT2D eigenvalue weighted by Gasteiger charge is -2.40. The van der Waals surface area contributed by atoms with E-state index in [-0.39, 0.29) is 18.4 Å². The van der Waals surface area contributed by atoms with Crippen LogP contribution in [0.15, 0.2) is 24.3 Å². The lowest BCUT2D eigenvalue weighted by atomic mass is 9.97. The van der Waals surface area contributed by atoms with Gasteiger partial charge in [0, 0.05) is 20.1 Å². The van der Waals surface area contributed by atoms with Crippen LogP contribution >= 0.6 is 0 Å². The van der Waals surface area contributed by atoms with Crippen LogP contribution in [0.4, 0.5) is 4.39 Å². The molecule has 2 amide bonds. The molecule has 0 spiro atoms. The lowest BCUT2D eigenvalue weighted by molar-refractivity contribution is -0.167. The molecular weight excluding hydrogens is 287 g/mol. The van der Waals surface area contributed by atoms with Gasteiger partial charge in [0.05, 0.1) is 6.04 Å². The molecule has 0 aliphatic carbocycles. The third kappa shape index (κ3) is 3.11. The van der Waals surface area contributed by atoms with Crippen molar-refractivity contribution in [3.63, 3.8) is 0 Å². The number of rotatable bonds is 4. The van der Waals surface area contributed by atoms with E-state index in [4.69, 9.17) is 4.74 Å². The van der Waals surface area contributed by atoms with Gasteiger partial charge in [-0.2, -0.15) is 0 Å². The number of carbonyl (C=O) groups is 2. The maximum Gasteiger partial charge on any atom is 0.254 e. The Labute approximate surface area is 129 Å². The van der Waals surface area contributed by atoms with E-state index in [9.17, 15) is 14.0 Å². The number of morpholine rings is 1. The molecule has 1 heterocycles. The predicted molar refractivity (Wildman–Crippen MR) is 79.6 cm³/mol. The summed E-state index contributed by atoms with van der Waals surface area (Å²) in [7, 11) is 1.61. The Kier molecular flexibility index (Phi) is 5.13. The van der Waals surface area contributed by atoms with Crippen molar-refractivity contribution in [1.82, 2.24) is 9.80 Å². The average Bonchev–Trinajstić information content (AvgIpc) is 2.50. The van der Waals surface area contributed by atoms with E-state index in [1.807, 2.05) is 13.8 Å². The highest BCUT2D eigenvalue weighted by atomic mass is 19.1. The van der Waals surface area contributed by atoms with E-state index in [1.165, 1.54) is 17.0 Å². The van der Waals surface area contributed by atoms with Gasteiger partial charge in [-0.05, 0) is 31.5 Å². The Bertz CT molecular complexity index is 560. The van der Waals surface area contributed by atoms with Gasteiger partial charge in [0.1, 0.15) is 12.4 Å². The molecule has 0 N–H and O–H groups in total. The molecule has 0 radical (unpaired) electrons. The Morgan fingerprint density at radius 3 is 2.68 bits per heavy atom. The molecule has 0 saturated carbocycles. The van der Waals surface area contributed by atoms with E-state index in [0.717, 1.165) is 0 Å². The molecule has 22 heavy (non-hydrogen) atoms. The standard InChI is InChI=1S/C16H21FN2O3/c1-4-19(5-2)16(21)15-14(18(3)13(20)10-22-15)11-7-6-8-12(17)9-11/h6-9,14-15H,4-5,10H2,1-3H3/t14-,15-/m1/s1. The fourth-order valence-corrected chi connectivity index (χ4v) is 2.72. The second kappa shape index (κ2) is 6.87. The molecule has 5 nitrogen and oxygen atoms in total.